The molecule has 7 nitrogen and oxygen atoms in total. The predicted octanol–water partition coefficient (Wildman–Crippen LogP) is 4.37. The normalized spacial score (nSPS) is 11.8. The van der Waals surface area contributed by atoms with E-state index in [1.807, 2.05) is 58.0 Å². The lowest BCUT2D eigenvalue weighted by molar-refractivity contribution is -0.140. The number of anilines is 1. The van der Waals surface area contributed by atoms with Crippen molar-refractivity contribution < 1.29 is 24.2 Å². The van der Waals surface area contributed by atoms with Crippen LogP contribution in [0.4, 0.5) is 5.69 Å². The van der Waals surface area contributed by atoms with Gasteiger partial charge < -0.3 is 25.2 Å². The van der Waals surface area contributed by atoms with Gasteiger partial charge in [0.05, 0.1) is 11.1 Å². The number of aliphatic carboxylic acids is 1. The van der Waals surface area contributed by atoms with Gasteiger partial charge in [0, 0.05) is 12.2 Å². The fraction of sp³-hybridized carbons (Fsp3) is 0.391. The average molecular weight is 493 g/mol. The van der Waals surface area contributed by atoms with Crippen LogP contribution in [0.1, 0.15) is 31.9 Å². The van der Waals surface area contributed by atoms with Gasteiger partial charge in [0.15, 0.2) is 18.1 Å². The lowest BCUT2D eigenvalue weighted by Gasteiger charge is -2.19. The highest BCUT2D eigenvalue weighted by atomic mass is 79.9. The topological polar surface area (TPSA) is 96.9 Å². The Labute approximate surface area is 191 Å². The van der Waals surface area contributed by atoms with Gasteiger partial charge in [0.2, 0.25) is 0 Å². The summed E-state index contributed by atoms with van der Waals surface area (Å²) in [5.74, 6) is -0.331. The van der Waals surface area contributed by atoms with Gasteiger partial charge in [-0.05, 0) is 65.5 Å². The third kappa shape index (κ3) is 7.56. The number of ether oxygens (including phenoxy) is 2. The van der Waals surface area contributed by atoms with Crippen molar-refractivity contribution >= 4 is 33.5 Å². The van der Waals surface area contributed by atoms with Gasteiger partial charge >= 0.3 is 5.97 Å². The van der Waals surface area contributed by atoms with Gasteiger partial charge in [-0.25, -0.2) is 0 Å². The van der Waals surface area contributed by atoms with Crippen molar-refractivity contribution in [1.82, 2.24) is 5.32 Å². The molecule has 2 rings (SSSR count). The summed E-state index contributed by atoms with van der Waals surface area (Å²) in [7, 11) is 0. The summed E-state index contributed by atoms with van der Waals surface area (Å²) in [6.45, 7) is 8.12. The first-order valence-electron chi connectivity index (χ1n) is 10.1. The molecular weight excluding hydrogens is 464 g/mol. The highest BCUT2D eigenvalue weighted by Gasteiger charge is 2.21. The fourth-order valence-corrected chi connectivity index (χ4v) is 3.54. The van der Waals surface area contributed by atoms with Gasteiger partial charge in [-0.15, -0.1) is 0 Å². The molecule has 0 aliphatic rings. The third-order valence-corrected chi connectivity index (χ3v) is 5.10. The molecule has 0 aliphatic carbocycles. The lowest BCUT2D eigenvalue weighted by atomic mass is 10.0. The molecule has 0 radical (unpaired) electrons. The standard InChI is InChI=1S/C23H29BrN2O5/c1-5-30-19-11-16(12-25-21(14(2)3)23(28)29)10-18(24)22(19)31-13-20(27)26-17-8-6-15(4)7-9-17/h6-11,14,21,25H,5,12-13H2,1-4H3,(H,26,27)(H,28,29). The number of carbonyl (C=O) groups excluding carboxylic acids is 1. The van der Waals surface area contributed by atoms with E-state index in [9.17, 15) is 14.7 Å². The number of carboxylic acid groups (broad SMARTS) is 1. The lowest BCUT2D eigenvalue weighted by Crippen LogP contribution is -2.40. The summed E-state index contributed by atoms with van der Waals surface area (Å²) in [5.41, 5.74) is 2.64. The summed E-state index contributed by atoms with van der Waals surface area (Å²) < 4.78 is 12.1. The number of aryl methyl sites for hydroxylation is 1. The molecule has 2 aromatic rings. The third-order valence-electron chi connectivity index (χ3n) is 4.51. The van der Waals surface area contributed by atoms with Gasteiger partial charge in [0.25, 0.3) is 5.91 Å². The number of rotatable bonds is 11. The Morgan fingerprint density at radius 1 is 1.13 bits per heavy atom. The Bertz CT molecular complexity index is 900. The number of carboxylic acids is 1. The second-order valence-electron chi connectivity index (χ2n) is 7.48. The molecule has 2 aromatic carbocycles. The molecule has 1 amide bonds. The largest absolute Gasteiger partial charge is 0.490 e. The van der Waals surface area contributed by atoms with E-state index in [0.717, 1.165) is 11.1 Å². The Hall–Kier alpha value is -2.58. The van der Waals surface area contributed by atoms with Gasteiger partial charge in [-0.1, -0.05) is 31.5 Å². The van der Waals surface area contributed by atoms with E-state index in [1.165, 1.54) is 0 Å². The zero-order chi connectivity index (χ0) is 23.0. The van der Waals surface area contributed by atoms with Crippen molar-refractivity contribution in [2.75, 3.05) is 18.5 Å². The molecule has 0 spiro atoms. The molecule has 0 bridgehead atoms. The summed E-state index contributed by atoms with van der Waals surface area (Å²) in [6.07, 6.45) is 0. The highest BCUT2D eigenvalue weighted by molar-refractivity contribution is 9.10. The van der Waals surface area contributed by atoms with Crippen LogP contribution in [0.5, 0.6) is 11.5 Å². The molecule has 1 unspecified atom stereocenters. The Morgan fingerprint density at radius 3 is 2.39 bits per heavy atom. The van der Waals surface area contributed by atoms with Crippen LogP contribution in [0.2, 0.25) is 0 Å². The summed E-state index contributed by atoms with van der Waals surface area (Å²) in [5, 5.41) is 15.2. The van der Waals surface area contributed by atoms with Crippen molar-refractivity contribution in [2.24, 2.45) is 5.92 Å². The minimum atomic E-state index is -0.890. The second-order valence-corrected chi connectivity index (χ2v) is 8.34. The van der Waals surface area contributed by atoms with Crippen LogP contribution in [0.25, 0.3) is 0 Å². The van der Waals surface area contributed by atoms with Gasteiger partial charge in [0.1, 0.15) is 6.04 Å². The molecule has 0 fully saturated rings. The molecule has 0 saturated heterocycles. The van der Waals surface area contributed by atoms with E-state index in [0.29, 0.717) is 34.8 Å². The van der Waals surface area contributed by atoms with E-state index >= 15 is 0 Å². The number of hydrogen-bond acceptors (Lipinski definition) is 5. The molecule has 31 heavy (non-hydrogen) atoms. The van der Waals surface area contributed by atoms with Crippen molar-refractivity contribution in [1.29, 1.82) is 0 Å². The van der Waals surface area contributed by atoms with Crippen LogP contribution in [-0.2, 0) is 16.1 Å². The molecule has 0 aromatic heterocycles. The first-order valence-corrected chi connectivity index (χ1v) is 10.9. The number of amides is 1. The first-order chi connectivity index (χ1) is 14.7. The van der Waals surface area contributed by atoms with E-state index in [1.54, 1.807) is 6.07 Å². The minimum Gasteiger partial charge on any atom is -0.490 e. The number of carbonyl (C=O) groups is 2. The maximum absolute atomic E-state index is 12.3. The zero-order valence-electron chi connectivity index (χ0n) is 18.2. The van der Waals surface area contributed by atoms with Crippen LogP contribution in [0.15, 0.2) is 40.9 Å². The molecule has 8 heteroatoms. The molecule has 0 saturated carbocycles. The second kappa shape index (κ2) is 11.7. The molecular formula is C23H29BrN2O5. The first kappa shape index (κ1) is 24.7. The van der Waals surface area contributed by atoms with Crippen LogP contribution < -0.4 is 20.1 Å². The Balaban J connectivity index is 2.07. The van der Waals surface area contributed by atoms with Crippen molar-refractivity contribution in [3.63, 3.8) is 0 Å². The molecule has 168 valence electrons. The van der Waals surface area contributed by atoms with E-state index < -0.39 is 12.0 Å². The quantitative estimate of drug-likeness (QED) is 0.430. The smallest absolute Gasteiger partial charge is 0.320 e. The van der Waals surface area contributed by atoms with E-state index in [2.05, 4.69) is 26.6 Å². The average Bonchev–Trinajstić information content (AvgIpc) is 2.69. The Morgan fingerprint density at radius 2 is 1.81 bits per heavy atom. The number of halogens is 1. The molecule has 1 atom stereocenters. The van der Waals surface area contributed by atoms with Crippen LogP contribution in [-0.4, -0.2) is 36.2 Å². The van der Waals surface area contributed by atoms with E-state index in [4.69, 9.17) is 9.47 Å². The minimum absolute atomic E-state index is 0.0537. The van der Waals surface area contributed by atoms with Crippen LogP contribution >= 0.6 is 15.9 Å². The summed E-state index contributed by atoms with van der Waals surface area (Å²) in [6, 6.07) is 10.4. The monoisotopic (exact) mass is 492 g/mol. The zero-order valence-corrected chi connectivity index (χ0v) is 19.8. The Kier molecular flexibility index (Phi) is 9.33. The van der Waals surface area contributed by atoms with Crippen LogP contribution in [0, 0.1) is 12.8 Å². The summed E-state index contributed by atoms with van der Waals surface area (Å²) >= 11 is 3.48. The van der Waals surface area contributed by atoms with Crippen molar-refractivity contribution in [3.05, 3.63) is 52.0 Å². The fourth-order valence-electron chi connectivity index (χ4n) is 2.93. The maximum atomic E-state index is 12.3. The summed E-state index contributed by atoms with van der Waals surface area (Å²) in [4.78, 5) is 23.7. The number of hydrogen-bond donors (Lipinski definition) is 3. The molecule has 3 N–H and O–H groups in total. The number of benzene rings is 2. The van der Waals surface area contributed by atoms with Gasteiger partial charge in [-0.3, -0.25) is 9.59 Å². The van der Waals surface area contributed by atoms with Gasteiger partial charge in [-0.2, -0.15) is 0 Å². The highest BCUT2D eigenvalue weighted by Crippen LogP contribution is 2.37. The van der Waals surface area contributed by atoms with E-state index in [-0.39, 0.29) is 18.4 Å². The maximum Gasteiger partial charge on any atom is 0.320 e. The van der Waals surface area contributed by atoms with Crippen LogP contribution in [0.3, 0.4) is 0 Å². The van der Waals surface area contributed by atoms with Crippen molar-refractivity contribution in [2.45, 2.75) is 40.3 Å². The molecule has 0 heterocycles. The SMILES string of the molecule is CCOc1cc(CNC(C(=O)O)C(C)C)cc(Br)c1OCC(=O)Nc1ccc(C)cc1. The van der Waals surface area contributed by atoms with Crippen molar-refractivity contribution in [3.8, 4) is 11.5 Å². The number of nitrogens with one attached hydrogen (secondary N) is 2. The molecule has 0 aliphatic heterocycles. The predicted molar refractivity (Wildman–Crippen MR) is 124 cm³/mol.